The quantitative estimate of drug-likeness (QED) is 0.525. The summed E-state index contributed by atoms with van der Waals surface area (Å²) in [6, 6.07) is 16.7. The summed E-state index contributed by atoms with van der Waals surface area (Å²) in [6.45, 7) is 2.64. The standard InChI is InChI=1S/C25H22Cl3FN4/c26-17-5-4-16-14-33(19-6-7-21(27)22(29)11-19)25(32-23(16)10-17)20-3-1-2-15(24(20)28)12-31-18-8-9-30-13-18/h1-7,10-11,14,18,25,30-31H,8-9,12-13H2. The summed E-state index contributed by atoms with van der Waals surface area (Å²) in [4.78, 5) is 6.88. The van der Waals surface area contributed by atoms with E-state index in [4.69, 9.17) is 39.8 Å². The van der Waals surface area contributed by atoms with Crippen LogP contribution < -0.4 is 26.1 Å². The van der Waals surface area contributed by atoms with E-state index in [9.17, 15) is 4.39 Å². The van der Waals surface area contributed by atoms with E-state index in [1.54, 1.807) is 12.1 Å². The SMILES string of the molecule is Fc1cc(N2C=c3ccc(Cl)cc3=NC2c2cccc(CNC3CCNC3)c2Cl)ccc1Cl. The predicted octanol–water partition coefficient (Wildman–Crippen LogP) is 4.81. The Labute approximate surface area is 206 Å². The van der Waals surface area contributed by atoms with Gasteiger partial charge in [-0.25, -0.2) is 4.39 Å². The first-order valence-corrected chi connectivity index (χ1v) is 11.9. The molecule has 5 rings (SSSR count). The average molecular weight is 504 g/mol. The third-order valence-corrected chi connectivity index (χ3v) is 7.03. The van der Waals surface area contributed by atoms with Gasteiger partial charge in [-0.05, 0) is 54.9 Å². The van der Waals surface area contributed by atoms with Gasteiger partial charge in [0.15, 0.2) is 6.17 Å². The summed E-state index contributed by atoms with van der Waals surface area (Å²) in [6.07, 6.45) is 2.55. The van der Waals surface area contributed by atoms with Crippen LogP contribution in [0.4, 0.5) is 10.1 Å². The Hall–Kier alpha value is -2.15. The van der Waals surface area contributed by atoms with Crippen LogP contribution in [0.15, 0.2) is 59.6 Å². The maximum absolute atomic E-state index is 14.3. The summed E-state index contributed by atoms with van der Waals surface area (Å²) < 4.78 is 14.3. The van der Waals surface area contributed by atoms with E-state index in [2.05, 4.69) is 10.6 Å². The van der Waals surface area contributed by atoms with Crippen molar-refractivity contribution in [1.29, 1.82) is 0 Å². The first-order valence-electron chi connectivity index (χ1n) is 10.8. The summed E-state index contributed by atoms with van der Waals surface area (Å²) in [5.41, 5.74) is 2.45. The number of halogens is 4. The lowest BCUT2D eigenvalue weighted by Crippen LogP contribution is -2.38. The highest BCUT2D eigenvalue weighted by atomic mass is 35.5. The van der Waals surface area contributed by atoms with E-state index in [0.717, 1.165) is 41.2 Å². The molecule has 0 aromatic heterocycles. The van der Waals surface area contributed by atoms with Gasteiger partial charge in [0.2, 0.25) is 0 Å². The number of nitrogens with one attached hydrogen (secondary N) is 2. The lowest BCUT2D eigenvalue weighted by molar-refractivity contribution is 0.547. The molecule has 170 valence electrons. The van der Waals surface area contributed by atoms with Crippen LogP contribution in [0.3, 0.4) is 0 Å². The van der Waals surface area contributed by atoms with Crippen LogP contribution in [0.5, 0.6) is 0 Å². The summed E-state index contributed by atoms with van der Waals surface area (Å²) >= 11 is 19.1. The van der Waals surface area contributed by atoms with Gasteiger partial charge in [-0.15, -0.1) is 0 Å². The van der Waals surface area contributed by atoms with Crippen molar-refractivity contribution in [2.24, 2.45) is 4.99 Å². The number of nitrogens with zero attached hydrogens (tertiary/aromatic N) is 2. The average Bonchev–Trinajstić information content (AvgIpc) is 3.33. The van der Waals surface area contributed by atoms with Crippen molar-refractivity contribution in [2.45, 2.75) is 25.2 Å². The first-order chi connectivity index (χ1) is 16.0. The fraction of sp³-hybridized carbons (Fsp3) is 0.240. The van der Waals surface area contributed by atoms with Gasteiger partial charge >= 0.3 is 0 Å². The molecule has 2 aliphatic rings. The van der Waals surface area contributed by atoms with E-state index < -0.39 is 12.0 Å². The molecule has 4 nitrogen and oxygen atoms in total. The molecule has 2 unspecified atom stereocenters. The van der Waals surface area contributed by atoms with Crippen molar-refractivity contribution in [2.75, 3.05) is 18.0 Å². The smallest absolute Gasteiger partial charge is 0.153 e. The lowest BCUT2D eigenvalue weighted by atomic mass is 10.0. The van der Waals surface area contributed by atoms with Crippen molar-refractivity contribution >= 4 is 46.7 Å². The minimum atomic E-state index is -0.489. The molecule has 2 heterocycles. The van der Waals surface area contributed by atoms with Gasteiger partial charge in [-0.1, -0.05) is 53.0 Å². The zero-order valence-electron chi connectivity index (χ0n) is 17.7. The van der Waals surface area contributed by atoms with Gasteiger partial charge in [0.05, 0.1) is 15.4 Å². The van der Waals surface area contributed by atoms with Crippen molar-refractivity contribution in [3.63, 3.8) is 0 Å². The molecule has 8 heteroatoms. The molecule has 33 heavy (non-hydrogen) atoms. The maximum atomic E-state index is 14.3. The topological polar surface area (TPSA) is 39.7 Å². The Morgan fingerprint density at radius 2 is 1.97 bits per heavy atom. The monoisotopic (exact) mass is 502 g/mol. The Morgan fingerprint density at radius 1 is 1.09 bits per heavy atom. The second-order valence-electron chi connectivity index (χ2n) is 8.23. The summed E-state index contributed by atoms with van der Waals surface area (Å²) in [5, 5.41) is 9.89. The molecule has 0 saturated carbocycles. The Balaban J connectivity index is 1.57. The van der Waals surface area contributed by atoms with Gasteiger partial charge < -0.3 is 15.5 Å². The summed E-state index contributed by atoms with van der Waals surface area (Å²) in [7, 11) is 0. The first kappa shape index (κ1) is 22.6. The molecule has 1 saturated heterocycles. The third kappa shape index (κ3) is 4.75. The van der Waals surface area contributed by atoms with E-state index in [0.29, 0.717) is 28.3 Å². The molecule has 3 aromatic rings. The summed E-state index contributed by atoms with van der Waals surface area (Å²) in [5.74, 6) is -0.488. The molecular formula is C25H22Cl3FN4. The van der Waals surface area contributed by atoms with Crippen LogP contribution in [0, 0.1) is 5.82 Å². The number of benzene rings is 3. The van der Waals surface area contributed by atoms with Crippen molar-refractivity contribution in [3.05, 3.63) is 97.2 Å². The minimum Gasteiger partial charge on any atom is -0.321 e. The number of hydrogen-bond donors (Lipinski definition) is 2. The molecule has 0 bridgehead atoms. The Bertz CT molecular complexity index is 1310. The minimum absolute atomic E-state index is 0.0731. The number of hydrogen-bond acceptors (Lipinski definition) is 4. The highest BCUT2D eigenvalue weighted by Gasteiger charge is 2.25. The van der Waals surface area contributed by atoms with E-state index in [1.807, 2.05) is 47.5 Å². The van der Waals surface area contributed by atoms with Crippen LogP contribution in [0.1, 0.15) is 23.7 Å². The van der Waals surface area contributed by atoms with Crippen molar-refractivity contribution in [1.82, 2.24) is 10.6 Å². The van der Waals surface area contributed by atoms with Gasteiger partial charge in [0, 0.05) is 46.8 Å². The number of anilines is 1. The lowest BCUT2D eigenvalue weighted by Gasteiger charge is -2.31. The van der Waals surface area contributed by atoms with Gasteiger partial charge in [0.1, 0.15) is 5.82 Å². The van der Waals surface area contributed by atoms with E-state index in [1.165, 1.54) is 6.07 Å². The molecular weight excluding hydrogens is 482 g/mol. The molecule has 0 radical (unpaired) electrons. The van der Waals surface area contributed by atoms with Crippen LogP contribution in [-0.4, -0.2) is 19.1 Å². The molecule has 0 spiro atoms. The van der Waals surface area contributed by atoms with E-state index >= 15 is 0 Å². The Morgan fingerprint density at radius 3 is 2.76 bits per heavy atom. The molecule has 0 aliphatic carbocycles. The predicted molar refractivity (Wildman–Crippen MR) is 133 cm³/mol. The van der Waals surface area contributed by atoms with Crippen LogP contribution in [-0.2, 0) is 6.54 Å². The molecule has 1 fully saturated rings. The third-order valence-electron chi connectivity index (χ3n) is 6.03. The maximum Gasteiger partial charge on any atom is 0.153 e. The fourth-order valence-electron chi connectivity index (χ4n) is 4.25. The van der Waals surface area contributed by atoms with Crippen molar-refractivity contribution in [3.8, 4) is 0 Å². The molecule has 2 atom stereocenters. The number of fused-ring (bicyclic) bond motifs is 1. The van der Waals surface area contributed by atoms with Crippen LogP contribution in [0.25, 0.3) is 6.20 Å². The molecule has 3 aromatic carbocycles. The second-order valence-corrected chi connectivity index (χ2v) is 9.45. The van der Waals surface area contributed by atoms with Gasteiger partial charge in [-0.2, -0.15) is 0 Å². The van der Waals surface area contributed by atoms with E-state index in [-0.39, 0.29) is 5.02 Å². The van der Waals surface area contributed by atoms with Gasteiger partial charge in [0.25, 0.3) is 0 Å². The zero-order valence-corrected chi connectivity index (χ0v) is 19.9. The fourth-order valence-corrected chi connectivity index (χ4v) is 4.83. The van der Waals surface area contributed by atoms with Gasteiger partial charge in [-0.3, -0.25) is 4.99 Å². The molecule has 0 amide bonds. The second kappa shape index (κ2) is 9.61. The van der Waals surface area contributed by atoms with Crippen LogP contribution >= 0.6 is 34.8 Å². The number of rotatable bonds is 5. The molecule has 2 aliphatic heterocycles. The van der Waals surface area contributed by atoms with Crippen molar-refractivity contribution < 1.29 is 4.39 Å². The molecule has 2 N–H and O–H groups in total. The van der Waals surface area contributed by atoms with Crippen LogP contribution in [0.2, 0.25) is 15.1 Å². The zero-order chi connectivity index (χ0) is 22.9. The largest absolute Gasteiger partial charge is 0.321 e. The normalized spacial score (nSPS) is 19.7. The highest BCUT2D eigenvalue weighted by molar-refractivity contribution is 6.32. The highest BCUT2D eigenvalue weighted by Crippen LogP contribution is 2.36. The Kier molecular flexibility index (Phi) is 6.59.